The minimum absolute atomic E-state index is 0.0484. The molecule has 4 rings (SSSR count). The van der Waals surface area contributed by atoms with Gasteiger partial charge in [-0.2, -0.15) is 0 Å². The molecule has 3 N–H and O–H groups in total. The molecule has 37 heavy (non-hydrogen) atoms. The van der Waals surface area contributed by atoms with E-state index in [0.29, 0.717) is 42.5 Å². The first kappa shape index (κ1) is 26.9. The summed E-state index contributed by atoms with van der Waals surface area (Å²) in [6.07, 6.45) is 0.807. The van der Waals surface area contributed by atoms with Crippen LogP contribution in [-0.4, -0.2) is 59.9 Å². The number of hydrogen-bond donors (Lipinski definition) is 3. The first-order chi connectivity index (χ1) is 17.7. The number of nitrogens with one attached hydrogen (secondary N) is 2. The molecule has 2 heterocycles. The van der Waals surface area contributed by atoms with E-state index in [0.717, 1.165) is 11.6 Å². The van der Waals surface area contributed by atoms with Crippen molar-refractivity contribution in [3.05, 3.63) is 64.6 Å². The fraction of sp³-hybridized carbons (Fsp3) is 0.444. The van der Waals surface area contributed by atoms with Crippen LogP contribution >= 0.6 is 0 Å². The monoisotopic (exact) mass is 521 g/mol. The van der Waals surface area contributed by atoms with Gasteiger partial charge in [-0.1, -0.05) is 6.92 Å². The van der Waals surface area contributed by atoms with Crippen LogP contribution in [0.15, 0.2) is 30.3 Å². The topological polar surface area (TPSA) is 77.6 Å². The largest absolute Gasteiger partial charge is 0.489 e. The summed E-state index contributed by atoms with van der Waals surface area (Å²) in [7, 11) is 0. The maximum atomic E-state index is 15.9. The third kappa shape index (κ3) is 5.60. The fourth-order valence-corrected chi connectivity index (χ4v) is 4.98. The van der Waals surface area contributed by atoms with E-state index in [1.165, 1.54) is 18.2 Å². The van der Waals surface area contributed by atoms with E-state index in [-0.39, 0.29) is 30.5 Å². The van der Waals surface area contributed by atoms with Crippen molar-refractivity contribution in [2.24, 2.45) is 5.92 Å². The van der Waals surface area contributed by atoms with Crippen LogP contribution in [0.2, 0.25) is 0 Å². The van der Waals surface area contributed by atoms with Crippen LogP contribution in [0, 0.1) is 23.4 Å². The number of hydrogen-bond acceptors (Lipinski definition) is 4. The molecule has 200 valence electrons. The summed E-state index contributed by atoms with van der Waals surface area (Å²) in [5.74, 6) is -4.06. The second-order valence-corrected chi connectivity index (χ2v) is 9.51. The Morgan fingerprint density at radius 2 is 2.03 bits per heavy atom. The normalized spacial score (nSPS) is 18.6. The van der Waals surface area contributed by atoms with Gasteiger partial charge < -0.3 is 20.1 Å². The van der Waals surface area contributed by atoms with Crippen molar-refractivity contribution in [1.82, 2.24) is 15.2 Å². The Morgan fingerprint density at radius 3 is 2.76 bits per heavy atom. The molecule has 0 saturated carbocycles. The highest BCUT2D eigenvalue weighted by molar-refractivity contribution is 5.85. The van der Waals surface area contributed by atoms with Crippen molar-refractivity contribution in [2.45, 2.75) is 38.8 Å². The number of H-pyrrole nitrogens is 1. The highest BCUT2D eigenvalue weighted by Gasteiger charge is 2.40. The average Bonchev–Trinajstić information content (AvgIpc) is 3.21. The highest BCUT2D eigenvalue weighted by Crippen LogP contribution is 2.44. The molecule has 0 spiro atoms. The number of aromatic nitrogens is 1. The molecular weight excluding hydrogens is 490 g/mol. The summed E-state index contributed by atoms with van der Waals surface area (Å²) in [4.78, 5) is 16.7. The zero-order valence-electron chi connectivity index (χ0n) is 20.8. The number of carbonyl (C=O) groups is 1. The molecule has 10 heteroatoms. The lowest BCUT2D eigenvalue weighted by molar-refractivity contribution is -0.142. The first-order valence-electron chi connectivity index (χ1n) is 12.4. The van der Waals surface area contributed by atoms with Gasteiger partial charge in [-0.05, 0) is 62.2 Å². The fourth-order valence-electron chi connectivity index (χ4n) is 4.98. The minimum Gasteiger partial charge on any atom is -0.489 e. The van der Waals surface area contributed by atoms with Crippen LogP contribution in [0.5, 0.6) is 5.75 Å². The highest BCUT2D eigenvalue weighted by atomic mass is 19.1. The van der Waals surface area contributed by atoms with E-state index < -0.39 is 42.1 Å². The summed E-state index contributed by atoms with van der Waals surface area (Å²) in [6, 6.07) is 5.36. The van der Waals surface area contributed by atoms with E-state index in [1.54, 1.807) is 17.9 Å². The molecule has 1 unspecified atom stereocenters. The average molecular weight is 522 g/mol. The van der Waals surface area contributed by atoms with Gasteiger partial charge in [0.2, 0.25) is 0 Å². The number of benzene rings is 2. The Bertz CT molecular complexity index is 1270. The number of fused-ring (bicyclic) bond motifs is 3. The van der Waals surface area contributed by atoms with E-state index in [9.17, 15) is 18.7 Å². The Morgan fingerprint density at radius 1 is 1.24 bits per heavy atom. The molecule has 3 atom stereocenters. The molecule has 6 nitrogen and oxygen atoms in total. The number of rotatable bonds is 11. The minimum atomic E-state index is -1.02. The molecule has 0 fully saturated rings. The number of aromatic amines is 1. The lowest BCUT2D eigenvalue weighted by Crippen LogP contribution is -2.46. The Hall–Kier alpha value is -3.11. The molecule has 0 amide bonds. The number of carboxylic acid groups (broad SMARTS) is 1. The zero-order chi connectivity index (χ0) is 26.7. The number of carboxylic acids is 1. The van der Waals surface area contributed by atoms with Gasteiger partial charge in [-0.3, -0.25) is 14.1 Å². The summed E-state index contributed by atoms with van der Waals surface area (Å²) in [5.41, 5.74) is 1.61. The van der Waals surface area contributed by atoms with Crippen molar-refractivity contribution < 1.29 is 32.2 Å². The van der Waals surface area contributed by atoms with Gasteiger partial charge in [0.15, 0.2) is 11.6 Å². The molecule has 1 aromatic heterocycles. The van der Waals surface area contributed by atoms with Crippen LogP contribution in [0.25, 0.3) is 10.9 Å². The zero-order valence-corrected chi connectivity index (χ0v) is 20.8. The van der Waals surface area contributed by atoms with Crippen LogP contribution in [0.4, 0.5) is 17.6 Å². The molecule has 1 aliphatic heterocycles. The summed E-state index contributed by atoms with van der Waals surface area (Å²) in [5, 5.41) is 13.2. The van der Waals surface area contributed by atoms with Crippen molar-refractivity contribution in [3.8, 4) is 5.75 Å². The second kappa shape index (κ2) is 11.5. The first-order valence-corrected chi connectivity index (χ1v) is 12.4. The van der Waals surface area contributed by atoms with E-state index in [1.807, 2.05) is 6.92 Å². The number of aliphatic carboxylic acids is 1. The third-order valence-electron chi connectivity index (χ3n) is 6.87. The van der Waals surface area contributed by atoms with Gasteiger partial charge in [0.25, 0.3) is 0 Å². The van der Waals surface area contributed by atoms with Gasteiger partial charge >= 0.3 is 5.97 Å². The van der Waals surface area contributed by atoms with E-state index in [4.69, 9.17) is 4.74 Å². The Balaban J connectivity index is 1.77. The third-order valence-corrected chi connectivity index (χ3v) is 6.87. The van der Waals surface area contributed by atoms with Crippen LogP contribution in [0.1, 0.15) is 43.1 Å². The molecule has 0 radical (unpaired) electrons. The van der Waals surface area contributed by atoms with Crippen molar-refractivity contribution in [3.63, 3.8) is 0 Å². The molecule has 0 saturated heterocycles. The van der Waals surface area contributed by atoms with Crippen LogP contribution < -0.4 is 10.1 Å². The van der Waals surface area contributed by atoms with Gasteiger partial charge in [0.1, 0.15) is 18.2 Å². The summed E-state index contributed by atoms with van der Waals surface area (Å²) < 4.78 is 63.2. The van der Waals surface area contributed by atoms with Gasteiger partial charge in [-0.25, -0.2) is 13.2 Å². The number of alkyl halides is 1. The molecule has 1 aliphatic rings. The number of nitrogens with zero attached hydrogens (tertiary/aromatic N) is 1. The van der Waals surface area contributed by atoms with Crippen LogP contribution in [0.3, 0.4) is 0 Å². The van der Waals surface area contributed by atoms with Crippen molar-refractivity contribution >= 4 is 16.9 Å². The van der Waals surface area contributed by atoms with Gasteiger partial charge in [0, 0.05) is 35.7 Å². The summed E-state index contributed by atoms with van der Waals surface area (Å²) in [6.45, 7) is 3.91. The number of ether oxygens (including phenoxy) is 1. The molecule has 0 bridgehead atoms. The molecular formula is C27H31F4N3O3. The maximum Gasteiger partial charge on any atom is 0.307 e. The summed E-state index contributed by atoms with van der Waals surface area (Å²) >= 11 is 0. The molecule has 3 aromatic rings. The van der Waals surface area contributed by atoms with Crippen molar-refractivity contribution in [1.29, 1.82) is 0 Å². The van der Waals surface area contributed by atoms with Crippen molar-refractivity contribution in [2.75, 3.05) is 32.9 Å². The maximum absolute atomic E-state index is 15.9. The quantitative estimate of drug-likeness (QED) is 0.245. The lowest BCUT2D eigenvalue weighted by Gasteiger charge is -2.42. The second-order valence-electron chi connectivity index (χ2n) is 9.51. The van der Waals surface area contributed by atoms with E-state index in [2.05, 4.69) is 10.3 Å². The van der Waals surface area contributed by atoms with Gasteiger partial charge in [-0.15, -0.1) is 0 Å². The van der Waals surface area contributed by atoms with E-state index >= 15 is 8.78 Å². The predicted octanol–water partition coefficient (Wildman–Crippen LogP) is 4.97. The lowest BCUT2D eigenvalue weighted by atomic mass is 9.87. The number of halogens is 4. The SMILES string of the molecule is CC(CN1[C@H](c2c(F)ccc(OCCNCCCF)c2F)c2[nH]c3ccc(F)cc3c2C[C@H]1C)C(=O)O. The molecule has 0 aliphatic carbocycles. The predicted molar refractivity (Wildman–Crippen MR) is 132 cm³/mol. The Labute approximate surface area is 212 Å². The smallest absolute Gasteiger partial charge is 0.307 e. The Kier molecular flexibility index (Phi) is 8.39. The van der Waals surface area contributed by atoms with Crippen LogP contribution in [-0.2, 0) is 11.2 Å². The standard InChI is InChI=1S/C27H31F4N3O3/c1-15(27(35)36)14-34-16(2)12-19-18-13-17(29)4-6-21(18)33-25(19)26(34)23-20(30)5-7-22(24(23)31)37-11-10-32-9-3-8-28/h4-7,13,15-16,26,32-33H,3,8-12,14H2,1-2H3,(H,35,36)/t15?,16-,26-/m1/s1. The van der Waals surface area contributed by atoms with Gasteiger partial charge in [0.05, 0.1) is 24.2 Å². The molecule has 2 aromatic carbocycles.